The van der Waals surface area contributed by atoms with Gasteiger partial charge in [0.05, 0.1) is 5.56 Å². The molecule has 5 heteroatoms. The van der Waals surface area contributed by atoms with E-state index < -0.39 is 0 Å². The average molecular weight is 269 g/mol. The van der Waals surface area contributed by atoms with Crippen LogP contribution >= 0.6 is 0 Å². The molecule has 2 aromatic rings. The second-order valence-electron chi connectivity index (χ2n) is 4.95. The number of aromatic amines is 1. The first-order valence-electron chi connectivity index (χ1n) is 6.49. The normalized spacial score (nSPS) is 17.6. The number of anilines is 1. The Labute approximate surface area is 116 Å². The van der Waals surface area contributed by atoms with Gasteiger partial charge in [-0.05, 0) is 24.1 Å². The Morgan fingerprint density at radius 2 is 2.05 bits per heavy atom. The molecule has 0 radical (unpaired) electrons. The number of para-hydroxylation sites is 1. The number of hydrogen-bond donors (Lipinski definition) is 2. The van der Waals surface area contributed by atoms with Gasteiger partial charge in [-0.2, -0.15) is 0 Å². The molecule has 1 unspecified atom stereocenters. The van der Waals surface area contributed by atoms with Gasteiger partial charge in [0.2, 0.25) is 5.56 Å². The number of hydrogen-bond acceptors (Lipinski definition) is 3. The molecule has 3 N–H and O–H groups in total. The monoisotopic (exact) mass is 269 g/mol. The Balaban J connectivity index is 1.99. The van der Waals surface area contributed by atoms with Gasteiger partial charge in [-0.3, -0.25) is 9.59 Å². The molecular formula is C15H15N3O2. The topological polar surface area (TPSA) is 79.2 Å². The van der Waals surface area contributed by atoms with Crippen molar-refractivity contribution in [2.24, 2.45) is 5.73 Å². The predicted molar refractivity (Wildman–Crippen MR) is 76.9 cm³/mol. The number of carbonyl (C=O) groups excluding carboxylic acids is 1. The summed E-state index contributed by atoms with van der Waals surface area (Å²) in [6, 6.07) is 10.6. The number of nitrogens with two attached hydrogens (primary N) is 1. The van der Waals surface area contributed by atoms with Gasteiger partial charge in [0, 0.05) is 30.5 Å². The van der Waals surface area contributed by atoms with E-state index in [0.29, 0.717) is 12.1 Å². The van der Waals surface area contributed by atoms with E-state index in [1.165, 1.54) is 18.3 Å². The SMILES string of the molecule is NC1Cc2ccccc2N(C(=O)c2ccc(=O)[nH]c2)C1. The van der Waals surface area contributed by atoms with Crippen LogP contribution in [0.1, 0.15) is 15.9 Å². The van der Waals surface area contributed by atoms with E-state index in [0.717, 1.165) is 17.7 Å². The van der Waals surface area contributed by atoms with Gasteiger partial charge in [-0.15, -0.1) is 0 Å². The molecule has 1 aliphatic rings. The highest BCUT2D eigenvalue weighted by Gasteiger charge is 2.27. The summed E-state index contributed by atoms with van der Waals surface area (Å²) < 4.78 is 0. The van der Waals surface area contributed by atoms with Crippen molar-refractivity contribution in [3.05, 3.63) is 64.1 Å². The fourth-order valence-corrected chi connectivity index (χ4v) is 2.52. The highest BCUT2D eigenvalue weighted by molar-refractivity contribution is 6.06. The maximum absolute atomic E-state index is 12.6. The van der Waals surface area contributed by atoms with Crippen molar-refractivity contribution in [3.8, 4) is 0 Å². The van der Waals surface area contributed by atoms with Crippen LogP contribution in [0.15, 0.2) is 47.4 Å². The summed E-state index contributed by atoms with van der Waals surface area (Å²) >= 11 is 0. The summed E-state index contributed by atoms with van der Waals surface area (Å²) in [6.07, 6.45) is 2.21. The Morgan fingerprint density at radius 3 is 2.80 bits per heavy atom. The zero-order valence-corrected chi connectivity index (χ0v) is 10.9. The van der Waals surface area contributed by atoms with Crippen molar-refractivity contribution >= 4 is 11.6 Å². The molecule has 0 bridgehead atoms. The largest absolute Gasteiger partial charge is 0.328 e. The molecule has 0 fully saturated rings. The molecule has 0 aliphatic carbocycles. The molecule has 1 aromatic heterocycles. The molecule has 20 heavy (non-hydrogen) atoms. The molecule has 1 aromatic carbocycles. The van der Waals surface area contributed by atoms with Crippen molar-refractivity contribution in [2.75, 3.05) is 11.4 Å². The van der Waals surface area contributed by atoms with Crippen LogP contribution in [-0.4, -0.2) is 23.5 Å². The van der Waals surface area contributed by atoms with Gasteiger partial charge in [0.15, 0.2) is 0 Å². The highest BCUT2D eigenvalue weighted by Crippen LogP contribution is 2.27. The van der Waals surface area contributed by atoms with Crippen LogP contribution < -0.4 is 16.2 Å². The highest BCUT2D eigenvalue weighted by atomic mass is 16.2. The first-order chi connectivity index (χ1) is 9.65. The van der Waals surface area contributed by atoms with Crippen LogP contribution in [0.2, 0.25) is 0 Å². The molecule has 0 saturated heterocycles. The number of H-pyrrole nitrogens is 1. The number of aromatic nitrogens is 1. The lowest BCUT2D eigenvalue weighted by Crippen LogP contribution is -2.46. The molecule has 3 rings (SSSR count). The van der Waals surface area contributed by atoms with Gasteiger partial charge in [-0.25, -0.2) is 0 Å². The summed E-state index contributed by atoms with van der Waals surface area (Å²) in [4.78, 5) is 27.8. The van der Waals surface area contributed by atoms with Crippen LogP contribution in [0.5, 0.6) is 0 Å². The molecule has 0 spiro atoms. The predicted octanol–water partition coefficient (Wildman–Crippen LogP) is 0.905. The summed E-state index contributed by atoms with van der Waals surface area (Å²) in [5.74, 6) is -0.149. The minimum Gasteiger partial charge on any atom is -0.328 e. The molecule has 5 nitrogen and oxygen atoms in total. The zero-order valence-electron chi connectivity index (χ0n) is 10.9. The molecule has 102 valence electrons. The maximum atomic E-state index is 12.6. The van der Waals surface area contributed by atoms with Gasteiger partial charge in [-0.1, -0.05) is 18.2 Å². The van der Waals surface area contributed by atoms with Gasteiger partial charge >= 0.3 is 0 Å². The number of amides is 1. The third-order valence-electron chi connectivity index (χ3n) is 3.46. The lowest BCUT2D eigenvalue weighted by atomic mass is 9.98. The molecular weight excluding hydrogens is 254 g/mol. The lowest BCUT2D eigenvalue weighted by molar-refractivity contribution is 0.0983. The summed E-state index contributed by atoms with van der Waals surface area (Å²) in [5, 5.41) is 0. The molecule has 1 amide bonds. The second-order valence-corrected chi connectivity index (χ2v) is 4.95. The van der Waals surface area contributed by atoms with Gasteiger partial charge in [0.1, 0.15) is 0 Å². The standard InChI is InChI=1S/C15H15N3O2/c16-12-7-10-3-1-2-4-13(10)18(9-12)15(20)11-5-6-14(19)17-8-11/h1-6,8,12H,7,9,16H2,(H,17,19). The third kappa shape index (κ3) is 2.23. The van der Waals surface area contributed by atoms with Crippen LogP contribution in [-0.2, 0) is 6.42 Å². The fraction of sp³-hybridized carbons (Fsp3) is 0.200. The van der Waals surface area contributed by atoms with Gasteiger partial charge < -0.3 is 15.6 Å². The summed E-state index contributed by atoms with van der Waals surface area (Å²) in [7, 11) is 0. The van der Waals surface area contributed by atoms with Crippen LogP contribution in [0.25, 0.3) is 0 Å². The van der Waals surface area contributed by atoms with Gasteiger partial charge in [0.25, 0.3) is 5.91 Å². The van der Waals surface area contributed by atoms with E-state index in [2.05, 4.69) is 4.98 Å². The Kier molecular flexibility index (Phi) is 3.12. The van der Waals surface area contributed by atoms with Crippen molar-refractivity contribution < 1.29 is 4.79 Å². The van der Waals surface area contributed by atoms with E-state index in [1.807, 2.05) is 24.3 Å². The van der Waals surface area contributed by atoms with Crippen LogP contribution in [0.3, 0.4) is 0 Å². The average Bonchev–Trinajstić information content (AvgIpc) is 2.46. The number of rotatable bonds is 1. The zero-order chi connectivity index (χ0) is 14.1. The Hall–Kier alpha value is -2.40. The van der Waals surface area contributed by atoms with Crippen LogP contribution in [0.4, 0.5) is 5.69 Å². The Bertz CT molecular complexity index is 688. The minimum absolute atomic E-state index is 0.0726. The number of nitrogens with zero attached hydrogens (tertiary/aromatic N) is 1. The maximum Gasteiger partial charge on any atom is 0.259 e. The first kappa shape index (κ1) is 12.6. The molecule has 1 aliphatic heterocycles. The molecule has 1 atom stereocenters. The van der Waals surface area contributed by atoms with Crippen molar-refractivity contribution in [2.45, 2.75) is 12.5 Å². The number of fused-ring (bicyclic) bond motifs is 1. The minimum atomic E-state index is -0.225. The number of nitrogens with one attached hydrogen (secondary N) is 1. The lowest BCUT2D eigenvalue weighted by Gasteiger charge is -2.33. The Morgan fingerprint density at radius 1 is 1.25 bits per heavy atom. The van der Waals surface area contributed by atoms with Crippen molar-refractivity contribution in [1.29, 1.82) is 0 Å². The smallest absolute Gasteiger partial charge is 0.259 e. The van der Waals surface area contributed by atoms with E-state index in [9.17, 15) is 9.59 Å². The molecule has 2 heterocycles. The van der Waals surface area contributed by atoms with Crippen molar-refractivity contribution in [3.63, 3.8) is 0 Å². The quantitative estimate of drug-likeness (QED) is 0.807. The first-order valence-corrected chi connectivity index (χ1v) is 6.49. The van der Waals surface area contributed by atoms with E-state index in [-0.39, 0.29) is 17.5 Å². The summed E-state index contributed by atoms with van der Waals surface area (Å²) in [5.41, 5.74) is 8.22. The van der Waals surface area contributed by atoms with E-state index in [4.69, 9.17) is 5.73 Å². The fourth-order valence-electron chi connectivity index (χ4n) is 2.52. The second kappa shape index (κ2) is 4.94. The number of benzene rings is 1. The van der Waals surface area contributed by atoms with Crippen molar-refractivity contribution in [1.82, 2.24) is 4.98 Å². The summed E-state index contributed by atoms with van der Waals surface area (Å²) in [6.45, 7) is 0.481. The number of carbonyl (C=O) groups is 1. The number of pyridine rings is 1. The molecule has 0 saturated carbocycles. The third-order valence-corrected chi connectivity index (χ3v) is 3.46. The van der Waals surface area contributed by atoms with E-state index in [1.54, 1.807) is 4.90 Å². The van der Waals surface area contributed by atoms with E-state index >= 15 is 0 Å². The van der Waals surface area contributed by atoms with Crippen LogP contribution in [0, 0.1) is 0 Å².